The Morgan fingerprint density at radius 1 is 1.40 bits per heavy atom. The van der Waals surface area contributed by atoms with E-state index in [1.54, 1.807) is 6.20 Å². The Hall–Kier alpha value is -1.47. The summed E-state index contributed by atoms with van der Waals surface area (Å²) in [6.07, 6.45) is 4.75. The molecule has 0 radical (unpaired) electrons. The molecule has 2 atom stereocenters. The van der Waals surface area contributed by atoms with Gasteiger partial charge in [0.1, 0.15) is 22.0 Å². The molecule has 2 aliphatic heterocycles. The Bertz CT molecular complexity index is 524. The molecule has 20 heavy (non-hydrogen) atoms. The van der Waals surface area contributed by atoms with Gasteiger partial charge in [-0.05, 0) is 25.7 Å². The molecule has 1 aromatic heterocycles. The molecule has 0 bridgehead atoms. The van der Waals surface area contributed by atoms with E-state index in [2.05, 4.69) is 4.98 Å². The number of carbonyl (C=O) groups is 2. The van der Waals surface area contributed by atoms with Crippen LogP contribution in [0.5, 0.6) is 0 Å². The summed E-state index contributed by atoms with van der Waals surface area (Å²) in [6, 6.07) is -0.698. The van der Waals surface area contributed by atoms with Crippen LogP contribution in [0.3, 0.4) is 0 Å². The van der Waals surface area contributed by atoms with Gasteiger partial charge in [-0.25, -0.2) is 9.78 Å². The van der Waals surface area contributed by atoms with Gasteiger partial charge in [0.05, 0.1) is 6.20 Å². The van der Waals surface area contributed by atoms with Gasteiger partial charge in [-0.3, -0.25) is 4.79 Å². The fourth-order valence-electron chi connectivity index (χ4n) is 2.72. The van der Waals surface area contributed by atoms with Crippen LogP contribution in [0.2, 0.25) is 0 Å². The van der Waals surface area contributed by atoms with Gasteiger partial charge < -0.3 is 14.7 Å². The normalized spacial score (nSPS) is 26.1. The van der Waals surface area contributed by atoms with Gasteiger partial charge in [-0.1, -0.05) is 0 Å². The highest BCUT2D eigenvalue weighted by Crippen LogP contribution is 2.32. The number of aromatic nitrogens is 1. The largest absolute Gasteiger partial charge is 0.480 e. The van der Waals surface area contributed by atoms with E-state index >= 15 is 0 Å². The number of amides is 1. The smallest absolute Gasteiger partial charge is 0.326 e. The second kappa shape index (κ2) is 5.49. The molecule has 7 heteroatoms. The SMILES string of the molecule is O=C(O)[C@H]1CCCN1C(=O)c1cnc(C2CCCO2)s1. The van der Waals surface area contributed by atoms with Crippen molar-refractivity contribution in [3.63, 3.8) is 0 Å². The Morgan fingerprint density at radius 3 is 2.95 bits per heavy atom. The molecule has 1 aromatic rings. The molecule has 0 aliphatic carbocycles. The molecule has 2 aliphatic rings. The summed E-state index contributed by atoms with van der Waals surface area (Å²) in [6.45, 7) is 1.24. The first-order valence-corrected chi connectivity index (χ1v) is 7.59. The van der Waals surface area contributed by atoms with Crippen LogP contribution < -0.4 is 0 Å². The molecule has 0 aromatic carbocycles. The lowest BCUT2D eigenvalue weighted by Crippen LogP contribution is -2.40. The number of nitrogens with zero attached hydrogens (tertiary/aromatic N) is 2. The van der Waals surface area contributed by atoms with E-state index in [-0.39, 0.29) is 12.0 Å². The molecule has 1 unspecified atom stereocenters. The predicted octanol–water partition coefficient (Wildman–Crippen LogP) is 1.68. The number of likely N-dealkylation sites (tertiary alicyclic amines) is 1. The maximum absolute atomic E-state index is 12.4. The van der Waals surface area contributed by atoms with Crippen molar-refractivity contribution in [3.05, 3.63) is 16.1 Å². The number of carbonyl (C=O) groups excluding carboxylic acids is 1. The first-order valence-electron chi connectivity index (χ1n) is 6.78. The predicted molar refractivity (Wildman–Crippen MR) is 71.7 cm³/mol. The van der Waals surface area contributed by atoms with E-state index in [1.807, 2.05) is 0 Å². The molecule has 108 valence electrons. The third-order valence-corrected chi connectivity index (χ3v) is 4.82. The zero-order chi connectivity index (χ0) is 14.1. The van der Waals surface area contributed by atoms with Crippen LogP contribution in [0, 0.1) is 0 Å². The quantitative estimate of drug-likeness (QED) is 0.918. The van der Waals surface area contributed by atoms with Crippen LogP contribution in [0.25, 0.3) is 0 Å². The van der Waals surface area contributed by atoms with Crippen molar-refractivity contribution >= 4 is 23.2 Å². The second-order valence-electron chi connectivity index (χ2n) is 5.06. The van der Waals surface area contributed by atoms with E-state index < -0.39 is 12.0 Å². The molecule has 1 N–H and O–H groups in total. The van der Waals surface area contributed by atoms with E-state index in [4.69, 9.17) is 9.84 Å². The summed E-state index contributed by atoms with van der Waals surface area (Å²) in [7, 11) is 0. The van der Waals surface area contributed by atoms with Crippen molar-refractivity contribution in [2.75, 3.05) is 13.2 Å². The summed E-state index contributed by atoms with van der Waals surface area (Å²) in [4.78, 5) is 29.7. The minimum Gasteiger partial charge on any atom is -0.480 e. The Kier molecular flexibility index (Phi) is 3.71. The minimum atomic E-state index is -0.931. The van der Waals surface area contributed by atoms with Crippen molar-refractivity contribution in [2.24, 2.45) is 0 Å². The van der Waals surface area contributed by atoms with Gasteiger partial charge >= 0.3 is 5.97 Å². The number of thiazole rings is 1. The average Bonchev–Trinajstić information content (AvgIpc) is 3.17. The van der Waals surface area contributed by atoms with Crippen LogP contribution in [-0.2, 0) is 9.53 Å². The summed E-state index contributed by atoms with van der Waals surface area (Å²) >= 11 is 1.32. The highest BCUT2D eigenvalue weighted by molar-refractivity contribution is 7.13. The first kappa shape index (κ1) is 13.5. The van der Waals surface area contributed by atoms with Crippen LogP contribution in [0.4, 0.5) is 0 Å². The highest BCUT2D eigenvalue weighted by atomic mass is 32.1. The fraction of sp³-hybridized carbons (Fsp3) is 0.615. The van der Waals surface area contributed by atoms with E-state index in [1.165, 1.54) is 16.2 Å². The molecule has 2 saturated heterocycles. The van der Waals surface area contributed by atoms with Gasteiger partial charge in [0.25, 0.3) is 5.91 Å². The average molecular weight is 296 g/mol. The van der Waals surface area contributed by atoms with E-state index in [9.17, 15) is 9.59 Å². The third kappa shape index (κ3) is 2.43. The van der Waals surface area contributed by atoms with Crippen molar-refractivity contribution < 1.29 is 19.4 Å². The van der Waals surface area contributed by atoms with Crippen LogP contribution in [0.15, 0.2) is 6.20 Å². The van der Waals surface area contributed by atoms with Crippen molar-refractivity contribution in [1.29, 1.82) is 0 Å². The lowest BCUT2D eigenvalue weighted by atomic mass is 10.2. The third-order valence-electron chi connectivity index (χ3n) is 3.74. The molecule has 2 fully saturated rings. The molecule has 3 rings (SSSR count). The zero-order valence-corrected chi connectivity index (χ0v) is 11.8. The Balaban J connectivity index is 1.75. The van der Waals surface area contributed by atoms with Crippen LogP contribution in [-0.4, -0.2) is 46.1 Å². The summed E-state index contributed by atoms with van der Waals surface area (Å²) in [5.74, 6) is -1.16. The van der Waals surface area contributed by atoms with Crippen LogP contribution in [0.1, 0.15) is 46.5 Å². The van der Waals surface area contributed by atoms with Crippen molar-refractivity contribution in [1.82, 2.24) is 9.88 Å². The maximum atomic E-state index is 12.4. The standard InChI is InChI=1S/C13H16N2O4S/c16-12(15-5-1-3-8(15)13(17)18)10-7-14-11(20-10)9-4-2-6-19-9/h7-9H,1-6H2,(H,17,18)/t8-,9?/m1/s1. The Morgan fingerprint density at radius 2 is 2.25 bits per heavy atom. The number of aliphatic carboxylic acids is 1. The number of ether oxygens (including phenoxy) is 1. The summed E-state index contributed by atoms with van der Waals surface area (Å²) in [5.41, 5.74) is 0. The number of carboxylic acids is 1. The lowest BCUT2D eigenvalue weighted by Gasteiger charge is -2.20. The van der Waals surface area contributed by atoms with E-state index in [0.717, 1.165) is 30.9 Å². The molecule has 6 nitrogen and oxygen atoms in total. The topological polar surface area (TPSA) is 79.7 Å². The van der Waals surface area contributed by atoms with Gasteiger partial charge in [0.2, 0.25) is 0 Å². The number of hydrogen-bond acceptors (Lipinski definition) is 5. The van der Waals surface area contributed by atoms with Crippen molar-refractivity contribution in [3.8, 4) is 0 Å². The number of hydrogen-bond donors (Lipinski definition) is 1. The Labute approximate surface area is 120 Å². The molecular weight excluding hydrogens is 280 g/mol. The van der Waals surface area contributed by atoms with Crippen LogP contribution >= 0.6 is 11.3 Å². The molecular formula is C13H16N2O4S. The lowest BCUT2D eigenvalue weighted by molar-refractivity contribution is -0.141. The monoisotopic (exact) mass is 296 g/mol. The van der Waals surface area contributed by atoms with Gasteiger partial charge in [-0.15, -0.1) is 11.3 Å². The van der Waals surface area contributed by atoms with Crippen molar-refractivity contribution in [2.45, 2.75) is 37.8 Å². The second-order valence-corrected chi connectivity index (χ2v) is 6.12. The first-order chi connectivity index (χ1) is 9.66. The zero-order valence-electron chi connectivity index (χ0n) is 10.9. The summed E-state index contributed by atoms with van der Waals surface area (Å²) in [5, 5.41) is 9.95. The van der Waals surface area contributed by atoms with Gasteiger partial charge in [-0.2, -0.15) is 0 Å². The maximum Gasteiger partial charge on any atom is 0.326 e. The van der Waals surface area contributed by atoms with E-state index in [0.29, 0.717) is 17.8 Å². The number of rotatable bonds is 3. The van der Waals surface area contributed by atoms with Gasteiger partial charge in [0.15, 0.2) is 0 Å². The van der Waals surface area contributed by atoms with Gasteiger partial charge in [0, 0.05) is 13.2 Å². The molecule has 3 heterocycles. The highest BCUT2D eigenvalue weighted by Gasteiger charge is 2.35. The number of carboxylic acid groups (broad SMARTS) is 1. The minimum absolute atomic E-state index is 0.00426. The fourth-order valence-corrected chi connectivity index (χ4v) is 3.67. The summed E-state index contributed by atoms with van der Waals surface area (Å²) < 4.78 is 5.55. The molecule has 0 spiro atoms. The molecule has 1 amide bonds. The molecule has 0 saturated carbocycles.